The molecule has 2 aliphatic heterocycles. The first-order valence-corrected chi connectivity index (χ1v) is 9.69. The van der Waals surface area contributed by atoms with Crippen molar-refractivity contribution in [2.45, 2.75) is 12.5 Å². The van der Waals surface area contributed by atoms with Crippen LogP contribution < -0.4 is 14.8 Å². The molecule has 1 fully saturated rings. The van der Waals surface area contributed by atoms with Crippen molar-refractivity contribution in [2.24, 2.45) is 7.05 Å². The largest absolute Gasteiger partial charge is 0.454 e. The van der Waals surface area contributed by atoms with Gasteiger partial charge in [-0.05, 0) is 30.7 Å². The molecule has 9 heteroatoms. The number of sulfone groups is 1. The van der Waals surface area contributed by atoms with E-state index in [9.17, 15) is 13.2 Å². The number of nitrogens with one attached hydrogen (secondary N) is 1. The average molecular weight is 363 g/mol. The molecule has 1 N–H and O–H groups in total. The van der Waals surface area contributed by atoms with Crippen LogP contribution in [-0.2, 0) is 16.9 Å². The normalized spacial score (nSPS) is 20.6. The van der Waals surface area contributed by atoms with Crippen molar-refractivity contribution in [1.29, 1.82) is 0 Å². The van der Waals surface area contributed by atoms with Gasteiger partial charge in [-0.2, -0.15) is 5.10 Å². The van der Waals surface area contributed by atoms with Gasteiger partial charge in [0, 0.05) is 18.7 Å². The Labute approximate surface area is 144 Å². The third-order valence-electron chi connectivity index (χ3n) is 4.35. The minimum absolute atomic E-state index is 0.0133. The second kappa shape index (κ2) is 5.76. The van der Waals surface area contributed by atoms with Crippen LogP contribution in [0.2, 0.25) is 0 Å². The van der Waals surface area contributed by atoms with Gasteiger partial charge < -0.3 is 14.8 Å². The summed E-state index contributed by atoms with van der Waals surface area (Å²) < 4.78 is 35.3. The Morgan fingerprint density at radius 2 is 2.08 bits per heavy atom. The first-order valence-electron chi connectivity index (χ1n) is 7.87. The van der Waals surface area contributed by atoms with Crippen LogP contribution in [0.3, 0.4) is 0 Å². The van der Waals surface area contributed by atoms with Crippen LogP contribution in [-0.4, -0.2) is 48.4 Å². The predicted octanol–water partition coefficient (Wildman–Crippen LogP) is 0.733. The molecule has 1 saturated heterocycles. The standard InChI is InChI=1S/C16H17N3O5S/c1-19-13(10-2-3-14-15(6-10)24-9-23-14)7-12(18-19)16(20)17-11-4-5-25(21,22)8-11/h2-3,6-7,11H,4-5,8-9H2,1H3,(H,17,20). The fraction of sp³-hybridized carbons (Fsp3) is 0.375. The van der Waals surface area contributed by atoms with Crippen LogP contribution in [0.1, 0.15) is 16.9 Å². The molecule has 2 aromatic rings. The van der Waals surface area contributed by atoms with Crippen molar-refractivity contribution in [1.82, 2.24) is 15.1 Å². The van der Waals surface area contributed by atoms with Crippen LogP contribution in [0.4, 0.5) is 0 Å². The number of rotatable bonds is 3. The smallest absolute Gasteiger partial charge is 0.272 e. The zero-order chi connectivity index (χ0) is 17.6. The fourth-order valence-corrected chi connectivity index (χ4v) is 4.75. The Morgan fingerprint density at radius 1 is 1.28 bits per heavy atom. The maximum atomic E-state index is 12.4. The van der Waals surface area contributed by atoms with Gasteiger partial charge in [-0.15, -0.1) is 0 Å². The van der Waals surface area contributed by atoms with Gasteiger partial charge in [0.05, 0.1) is 17.2 Å². The van der Waals surface area contributed by atoms with E-state index in [-0.39, 0.29) is 35.9 Å². The molecule has 1 unspecified atom stereocenters. The third kappa shape index (κ3) is 3.07. The van der Waals surface area contributed by atoms with Crippen molar-refractivity contribution < 1.29 is 22.7 Å². The second-order valence-corrected chi connectivity index (χ2v) is 8.41. The maximum absolute atomic E-state index is 12.4. The Bertz CT molecular complexity index is 951. The van der Waals surface area contributed by atoms with E-state index in [0.29, 0.717) is 17.9 Å². The van der Waals surface area contributed by atoms with E-state index >= 15 is 0 Å². The lowest BCUT2D eigenvalue weighted by Crippen LogP contribution is -2.35. The number of aryl methyl sites for hydroxylation is 1. The Hall–Kier alpha value is -2.55. The van der Waals surface area contributed by atoms with Crippen molar-refractivity contribution >= 4 is 15.7 Å². The van der Waals surface area contributed by atoms with E-state index < -0.39 is 9.84 Å². The third-order valence-corrected chi connectivity index (χ3v) is 6.12. The molecule has 2 aliphatic rings. The highest BCUT2D eigenvalue weighted by Crippen LogP contribution is 2.35. The number of carbonyl (C=O) groups is 1. The number of hydrogen-bond acceptors (Lipinski definition) is 6. The summed E-state index contributed by atoms with van der Waals surface area (Å²) in [5, 5.41) is 6.99. The SMILES string of the molecule is Cn1nc(C(=O)NC2CCS(=O)(=O)C2)cc1-c1ccc2c(c1)OCO2. The molecule has 1 amide bonds. The molecule has 4 rings (SSSR count). The van der Waals surface area contributed by atoms with Crippen molar-refractivity contribution in [2.75, 3.05) is 18.3 Å². The minimum Gasteiger partial charge on any atom is -0.454 e. The van der Waals surface area contributed by atoms with E-state index in [1.165, 1.54) is 0 Å². The van der Waals surface area contributed by atoms with Gasteiger partial charge in [0.15, 0.2) is 27.0 Å². The lowest BCUT2D eigenvalue weighted by molar-refractivity contribution is 0.0935. The van der Waals surface area contributed by atoms with Crippen molar-refractivity contribution in [3.8, 4) is 22.8 Å². The lowest BCUT2D eigenvalue weighted by Gasteiger charge is -2.08. The van der Waals surface area contributed by atoms with Gasteiger partial charge in [-0.1, -0.05) is 0 Å². The zero-order valence-corrected chi connectivity index (χ0v) is 14.4. The van der Waals surface area contributed by atoms with Crippen LogP contribution in [0.25, 0.3) is 11.3 Å². The van der Waals surface area contributed by atoms with Crippen molar-refractivity contribution in [3.05, 3.63) is 30.0 Å². The molecule has 8 nitrogen and oxygen atoms in total. The number of hydrogen-bond donors (Lipinski definition) is 1. The molecule has 0 aliphatic carbocycles. The van der Waals surface area contributed by atoms with Gasteiger partial charge in [0.2, 0.25) is 6.79 Å². The average Bonchev–Trinajstić information content (AvgIpc) is 3.25. The number of nitrogens with zero attached hydrogens (tertiary/aromatic N) is 2. The van der Waals surface area contributed by atoms with E-state index in [1.807, 2.05) is 18.2 Å². The summed E-state index contributed by atoms with van der Waals surface area (Å²) in [7, 11) is -1.29. The van der Waals surface area contributed by atoms with Gasteiger partial charge >= 0.3 is 0 Å². The van der Waals surface area contributed by atoms with E-state index in [1.54, 1.807) is 17.8 Å². The molecule has 0 saturated carbocycles. The van der Waals surface area contributed by atoms with E-state index in [2.05, 4.69) is 10.4 Å². The van der Waals surface area contributed by atoms with Crippen molar-refractivity contribution in [3.63, 3.8) is 0 Å². The predicted molar refractivity (Wildman–Crippen MR) is 89.3 cm³/mol. The highest BCUT2D eigenvalue weighted by atomic mass is 32.2. The fourth-order valence-electron chi connectivity index (χ4n) is 3.07. The quantitative estimate of drug-likeness (QED) is 0.863. The second-order valence-electron chi connectivity index (χ2n) is 6.18. The van der Waals surface area contributed by atoms with Gasteiger partial charge in [-0.25, -0.2) is 8.42 Å². The topological polar surface area (TPSA) is 99.5 Å². The molecule has 1 aromatic carbocycles. The minimum atomic E-state index is -3.04. The summed E-state index contributed by atoms with van der Waals surface area (Å²) in [6.45, 7) is 0.197. The van der Waals surface area contributed by atoms with Gasteiger partial charge in [0.1, 0.15) is 0 Å². The molecule has 1 aromatic heterocycles. The Balaban J connectivity index is 1.55. The number of amides is 1. The Morgan fingerprint density at radius 3 is 2.84 bits per heavy atom. The molecule has 1 atom stereocenters. The number of carbonyl (C=O) groups excluding carboxylic acids is 1. The first kappa shape index (κ1) is 15.9. The highest BCUT2D eigenvalue weighted by Gasteiger charge is 2.29. The molecule has 25 heavy (non-hydrogen) atoms. The molecular formula is C16H17N3O5S. The number of fused-ring (bicyclic) bond motifs is 1. The zero-order valence-electron chi connectivity index (χ0n) is 13.6. The summed E-state index contributed by atoms with van der Waals surface area (Å²) in [5.74, 6) is 1.07. The summed E-state index contributed by atoms with van der Waals surface area (Å²) >= 11 is 0. The van der Waals surface area contributed by atoms with Crippen LogP contribution >= 0.6 is 0 Å². The maximum Gasteiger partial charge on any atom is 0.272 e. The molecule has 0 radical (unpaired) electrons. The summed E-state index contributed by atoms with van der Waals surface area (Å²) in [5.41, 5.74) is 1.85. The number of benzene rings is 1. The summed E-state index contributed by atoms with van der Waals surface area (Å²) in [6.07, 6.45) is 0.440. The van der Waals surface area contributed by atoms with Crippen LogP contribution in [0.5, 0.6) is 11.5 Å². The van der Waals surface area contributed by atoms with Crippen LogP contribution in [0.15, 0.2) is 24.3 Å². The Kier molecular flexibility index (Phi) is 3.68. The van der Waals surface area contributed by atoms with E-state index in [4.69, 9.17) is 9.47 Å². The number of ether oxygens (including phenoxy) is 2. The first-order chi connectivity index (χ1) is 11.9. The summed E-state index contributed by atoms with van der Waals surface area (Å²) in [6, 6.07) is 6.85. The van der Waals surface area contributed by atoms with Gasteiger partial charge in [-0.3, -0.25) is 9.48 Å². The monoisotopic (exact) mass is 363 g/mol. The molecular weight excluding hydrogens is 346 g/mol. The molecule has 132 valence electrons. The highest BCUT2D eigenvalue weighted by molar-refractivity contribution is 7.91. The lowest BCUT2D eigenvalue weighted by atomic mass is 10.1. The summed E-state index contributed by atoms with van der Waals surface area (Å²) in [4.78, 5) is 12.4. The molecule has 0 bridgehead atoms. The number of aromatic nitrogens is 2. The van der Waals surface area contributed by atoms with Gasteiger partial charge in [0.25, 0.3) is 5.91 Å². The van der Waals surface area contributed by atoms with E-state index in [0.717, 1.165) is 11.3 Å². The molecule has 3 heterocycles. The molecule has 0 spiro atoms. The van der Waals surface area contributed by atoms with Crippen LogP contribution in [0, 0.1) is 0 Å².